The minimum absolute atomic E-state index is 0.196. The molecule has 4 N–H and O–H groups in total. The third-order valence-corrected chi connectivity index (χ3v) is 30.8. The lowest BCUT2D eigenvalue weighted by Crippen LogP contribution is -2.40. The van der Waals surface area contributed by atoms with Crippen LogP contribution in [0.25, 0.3) is 88.1 Å². The summed E-state index contributed by atoms with van der Waals surface area (Å²) in [5.74, 6) is -3.44. The lowest BCUT2D eigenvalue weighted by molar-refractivity contribution is -0.164. The minimum Gasteiger partial charge on any atom is -0.479 e. The van der Waals surface area contributed by atoms with E-state index in [0.29, 0.717) is 70.1 Å². The first-order valence-corrected chi connectivity index (χ1v) is 51.9. The number of methoxy groups -OCH3 is 3. The Bertz CT molecular complexity index is 7200. The number of carboxylic acids is 1. The van der Waals surface area contributed by atoms with Crippen LogP contribution in [0.1, 0.15) is 197 Å². The van der Waals surface area contributed by atoms with E-state index in [4.69, 9.17) is 33.2 Å². The van der Waals surface area contributed by atoms with E-state index in [2.05, 4.69) is 87.3 Å². The summed E-state index contributed by atoms with van der Waals surface area (Å²) in [5.41, 5.74) is 24.6. The largest absolute Gasteiger partial charge is 0.479 e. The number of aliphatic hydroxyl groups excluding tert-OH is 2. The number of aromatic nitrogens is 4. The monoisotopic (exact) mass is 1970 g/mol. The Hall–Kier alpha value is -11.7. The normalized spacial score (nSPS) is 14.7. The van der Waals surface area contributed by atoms with Crippen LogP contribution in [0.3, 0.4) is 0 Å². The van der Waals surface area contributed by atoms with Gasteiger partial charge in [0.2, 0.25) is 20.0 Å². The highest BCUT2D eigenvalue weighted by Gasteiger charge is 2.45. The first-order chi connectivity index (χ1) is 65.5. The van der Waals surface area contributed by atoms with Gasteiger partial charge in [-0.15, -0.1) is 0 Å². The number of hydrogen-bond donors (Lipinski definition) is 4. The topological polar surface area (TPSA) is 337 Å². The molecule has 0 unspecified atom stereocenters. The average molecular weight is 1970 g/mol. The number of benzene rings is 8. The van der Waals surface area contributed by atoms with E-state index in [1.54, 1.807) is 27.7 Å². The van der Waals surface area contributed by atoms with E-state index in [-0.39, 0.29) is 31.4 Å². The lowest BCUT2D eigenvalue weighted by atomic mass is 9.87. The molecular formula is C109H136N8O20S3. The van der Waals surface area contributed by atoms with Gasteiger partial charge < -0.3 is 72.1 Å². The zero-order valence-electron chi connectivity index (χ0n) is 85.8. The Morgan fingerprint density at radius 2 is 0.621 bits per heavy atom. The van der Waals surface area contributed by atoms with Crippen molar-refractivity contribution in [3.8, 4) is 44.5 Å². The second kappa shape index (κ2) is 40.4. The van der Waals surface area contributed by atoms with Gasteiger partial charge >= 0.3 is 23.9 Å². The van der Waals surface area contributed by atoms with Crippen molar-refractivity contribution in [1.82, 2.24) is 18.3 Å². The smallest absolute Gasteiger partial charge is 0.339 e. The van der Waals surface area contributed by atoms with E-state index in [1.807, 2.05) is 203 Å². The molecule has 0 aliphatic carbocycles. The van der Waals surface area contributed by atoms with Gasteiger partial charge in [-0.2, -0.15) is 0 Å². The highest BCUT2D eigenvalue weighted by atomic mass is 32.2. The fourth-order valence-electron chi connectivity index (χ4n) is 20.0. The van der Waals surface area contributed by atoms with E-state index in [0.717, 1.165) is 152 Å². The molecule has 140 heavy (non-hydrogen) atoms. The van der Waals surface area contributed by atoms with Crippen molar-refractivity contribution < 1.29 is 92.9 Å². The van der Waals surface area contributed by atoms with Crippen LogP contribution in [0.4, 0.5) is 22.7 Å². The molecule has 0 saturated heterocycles. The summed E-state index contributed by atoms with van der Waals surface area (Å²) in [5, 5.41) is 37.5. The van der Waals surface area contributed by atoms with Gasteiger partial charge in [0.1, 0.15) is 0 Å². The van der Waals surface area contributed by atoms with Gasteiger partial charge in [0, 0.05) is 105 Å². The molecule has 4 aromatic heterocycles. The number of hydrogen-bond acceptors (Lipinski definition) is 20. The highest BCUT2D eigenvalue weighted by Crippen LogP contribution is 2.55. The number of carbonyl (C=O) groups excluding carboxylic acids is 3. The number of carbonyl (C=O) groups is 4. The summed E-state index contributed by atoms with van der Waals surface area (Å²) in [7, 11) is -7.35. The van der Waals surface area contributed by atoms with Crippen molar-refractivity contribution in [2.75, 3.05) is 90.5 Å². The molecular weight excluding hydrogens is 1840 g/mol. The van der Waals surface area contributed by atoms with Crippen LogP contribution in [0.5, 0.6) is 0 Å². The number of nitrogens with one attached hydrogen (secondary N) is 1. The molecule has 16 rings (SSSR count). The number of aliphatic hydroxyl groups is 2. The van der Waals surface area contributed by atoms with E-state index in [9.17, 15) is 59.8 Å². The Morgan fingerprint density at radius 3 is 0.886 bits per heavy atom. The molecule has 750 valence electrons. The molecule has 0 fully saturated rings. The van der Waals surface area contributed by atoms with Crippen LogP contribution in [0, 0.1) is 83.1 Å². The summed E-state index contributed by atoms with van der Waals surface area (Å²) in [4.78, 5) is 52.2. The van der Waals surface area contributed by atoms with Crippen LogP contribution in [0.2, 0.25) is 0 Å². The average Bonchev–Trinajstić information content (AvgIpc) is 1.50. The highest BCUT2D eigenvalue weighted by molar-refractivity contribution is 7.95. The number of carboxylic acid groups (broad SMARTS) is 1. The Kier molecular flexibility index (Phi) is 30.5. The van der Waals surface area contributed by atoms with Crippen molar-refractivity contribution in [1.29, 1.82) is 0 Å². The van der Waals surface area contributed by atoms with Gasteiger partial charge in [0.25, 0.3) is 10.0 Å². The summed E-state index contributed by atoms with van der Waals surface area (Å²) < 4.78 is 133. The van der Waals surface area contributed by atoms with Crippen LogP contribution >= 0.6 is 0 Å². The minimum atomic E-state index is -3.83. The number of aryl methyl sites for hydroxylation is 8. The molecule has 4 aliphatic rings. The van der Waals surface area contributed by atoms with Crippen LogP contribution in [-0.2, 0) is 109 Å². The van der Waals surface area contributed by atoms with Gasteiger partial charge in [-0.3, -0.25) is 12.9 Å². The first-order valence-electron chi connectivity index (χ1n) is 47.2. The molecule has 0 radical (unpaired) electrons. The maximum atomic E-state index is 13.3. The fourth-order valence-corrected chi connectivity index (χ4v) is 23.6. The molecule has 0 saturated carbocycles. The maximum Gasteiger partial charge on any atom is 0.339 e. The first kappa shape index (κ1) is 106. The summed E-state index contributed by atoms with van der Waals surface area (Å²) >= 11 is 0. The van der Waals surface area contributed by atoms with Crippen LogP contribution < -0.4 is 18.2 Å². The van der Waals surface area contributed by atoms with Gasteiger partial charge in [-0.1, -0.05) is 126 Å². The van der Waals surface area contributed by atoms with Gasteiger partial charge in [-0.05, 0) is 257 Å². The standard InChI is InChI=1S/C28H36N2O6S.C28H34N2O5S.C27H34N2O6S.C26H32N2O3/c1-17-8-10-20(11-9-17)23-21-16-18(2)29-12-13-30(37(33,34)15-14-31)24(25(21)29)19(3)22(23)26(27(32)35-7)36-28(4,5)6;1-9-36(32,33)30-15-14-29-18(3)16-21-23(20-12-10-17(2)11-13-20)22(19(4)24(30)25(21)29)26(27(31)34-8)35-28(5,6)7;1-16-7-9-19(10-8-16)22-20-15-17(2)28-11-12-29(36(33,34)14-13-30)23(24(20)28)18(3)21(22)25(26(31)32)35-27(4,5)6;1-15-8-10-18(11-9-15)21-19-14-16(2)28-13-12-27-22(23(19)28)17(3)20(21)24(25(29)30-7)31-26(4,5)6/h8-11,16,26,31H,12-15H2,1-7H3;9-13,16,26H,1,14-15H2,2-8H3;7-10,15,25,30H,11-14H2,1-6H3,(H,31,32);8-11,14,24,27H,12-13H2,1-7H3/t2*26-;25-;24-/m0000/s1. The fraction of sp³-hybridized carbons (Fsp3) is 0.431. The zero-order chi connectivity index (χ0) is 103. The number of sulfonamides is 3. The van der Waals surface area contributed by atoms with E-state index < -0.39 is 114 Å². The molecule has 0 bridgehead atoms. The molecule has 4 atom stereocenters. The molecule has 28 nitrogen and oxygen atoms in total. The number of nitrogens with zero attached hydrogens (tertiary/aromatic N) is 7. The third kappa shape index (κ3) is 20.9. The predicted molar refractivity (Wildman–Crippen MR) is 556 cm³/mol. The summed E-state index contributed by atoms with van der Waals surface area (Å²) in [6, 6.07) is 40.8. The van der Waals surface area contributed by atoms with Crippen molar-refractivity contribution in [2.45, 2.75) is 239 Å². The van der Waals surface area contributed by atoms with E-state index >= 15 is 0 Å². The number of anilines is 4. The molecule has 4 aliphatic heterocycles. The van der Waals surface area contributed by atoms with E-state index in [1.165, 1.54) is 51.0 Å². The molecule has 0 amide bonds. The Balaban J connectivity index is 0.000000157. The third-order valence-electron chi connectivity index (χ3n) is 26.0. The second-order valence-electron chi connectivity index (χ2n) is 40.6. The number of aliphatic carboxylic acids is 1. The number of esters is 3. The lowest BCUT2D eigenvalue weighted by Gasteiger charge is -2.35. The van der Waals surface area contributed by atoms with Crippen molar-refractivity contribution in [3.05, 3.63) is 223 Å². The molecule has 31 heteroatoms. The summed E-state index contributed by atoms with van der Waals surface area (Å²) in [6.45, 7) is 52.8. The maximum absolute atomic E-state index is 13.3. The Labute approximate surface area is 823 Å². The summed E-state index contributed by atoms with van der Waals surface area (Å²) in [6.07, 6.45) is -4.30. The van der Waals surface area contributed by atoms with Crippen molar-refractivity contribution >= 4 is 120 Å². The molecule has 8 heterocycles. The van der Waals surface area contributed by atoms with Crippen LogP contribution in [0.15, 0.2) is 133 Å². The molecule has 0 spiro atoms. The molecule has 8 aromatic carbocycles. The van der Waals surface area contributed by atoms with Gasteiger partial charge in [0.15, 0.2) is 24.4 Å². The van der Waals surface area contributed by atoms with Crippen molar-refractivity contribution in [3.63, 3.8) is 0 Å². The zero-order valence-corrected chi connectivity index (χ0v) is 88.2. The van der Waals surface area contributed by atoms with Gasteiger partial charge in [0.05, 0.1) is 133 Å². The quantitative estimate of drug-likeness (QED) is 0.0322. The predicted octanol–water partition coefficient (Wildman–Crippen LogP) is 20.0. The van der Waals surface area contributed by atoms with Gasteiger partial charge in [-0.25, -0.2) is 44.4 Å². The number of rotatable bonds is 24. The van der Waals surface area contributed by atoms with Crippen molar-refractivity contribution in [2.24, 2.45) is 0 Å². The SMILES string of the molecule is C=CS(=O)(=O)N1CCn2c(C)cc3c(-c4ccc(C)cc4)c([C@H](OC(C)(C)C)C(=O)OC)c(C)c1c32.COC(=O)[C@@H](OC(C)(C)C)c1c(C)c2c3c(cc(C)n3CCN2)c1-c1ccc(C)cc1.COC(=O)[C@@H](OC(C)(C)C)c1c(C)c2c3c(cc(C)n3CCN2S(=O)(=O)CCO)c1-c1ccc(C)cc1.Cc1ccc(-c2c([C@H](OC(C)(C)C)C(=O)O)c(C)c3c4c2cc(C)n4CCN3S(=O)(=O)CCO)cc1. The second-order valence-corrected chi connectivity index (χ2v) is 46.5. The molecule has 12 aromatic rings. The Morgan fingerprint density at radius 1 is 0.371 bits per heavy atom. The van der Waals surface area contributed by atoms with Crippen LogP contribution in [-0.4, -0.2) is 177 Å². The number of ether oxygens (including phenoxy) is 7.